The first-order chi connectivity index (χ1) is 14.7. The first kappa shape index (κ1) is 27.5. The minimum atomic E-state index is -0.474. The van der Waals surface area contributed by atoms with Crippen LogP contribution in [0.25, 0.3) is 0 Å². The van der Waals surface area contributed by atoms with Crippen LogP contribution in [-0.4, -0.2) is 84.2 Å². The number of rotatable bonds is 8. The fraction of sp³-hybridized carbons (Fsp3) is 0.429. The molecule has 0 bridgehead atoms. The second kappa shape index (κ2) is 14.5. The van der Waals surface area contributed by atoms with Gasteiger partial charge in [0.1, 0.15) is 8.64 Å². The summed E-state index contributed by atoms with van der Waals surface area (Å²) in [5, 5.41) is 13.6. The van der Waals surface area contributed by atoms with Gasteiger partial charge in [0.15, 0.2) is 4.32 Å². The van der Waals surface area contributed by atoms with Crippen LogP contribution in [0.5, 0.6) is 0 Å². The molecule has 0 spiro atoms. The maximum atomic E-state index is 11.5. The molecule has 0 aliphatic heterocycles. The third-order valence-electron chi connectivity index (χ3n) is 2.91. The van der Waals surface area contributed by atoms with E-state index in [-0.39, 0.29) is 42.1 Å². The molecular weight excluding hydrogens is 527 g/mol. The first-order valence-corrected chi connectivity index (χ1v) is 12.1. The largest absolute Gasteiger partial charge is 0.468 e. The molecule has 11 nitrogen and oxygen atoms in total. The van der Waals surface area contributed by atoms with Gasteiger partial charge >= 0.3 is 17.9 Å². The fourth-order valence-corrected chi connectivity index (χ4v) is 4.09. The molecule has 31 heavy (non-hydrogen) atoms. The summed E-state index contributed by atoms with van der Waals surface area (Å²) in [6, 6.07) is 0. The van der Waals surface area contributed by atoms with Gasteiger partial charge in [-0.05, 0) is 0 Å². The standard InChI is InChI=1S/C14H17N5O6S6/c1-23-7(20)4-29-12(26)15-10-17-18-11(16-13(27)30-5-8(21)24-2)19(10)14(28)31-6-9(22)25-3/h4-6H2,1-3H3,(H,15,17,26)(H,16,18,27). The Bertz CT molecular complexity index is 811. The molecule has 2 N–H and O–H groups in total. The van der Waals surface area contributed by atoms with E-state index >= 15 is 0 Å². The smallest absolute Gasteiger partial charge is 0.316 e. The van der Waals surface area contributed by atoms with Crippen LogP contribution in [0.1, 0.15) is 0 Å². The molecule has 0 radical (unpaired) electrons. The lowest BCUT2D eigenvalue weighted by Crippen LogP contribution is -2.20. The van der Waals surface area contributed by atoms with Crippen molar-refractivity contribution in [2.45, 2.75) is 0 Å². The summed E-state index contributed by atoms with van der Waals surface area (Å²) in [6.07, 6.45) is 0. The van der Waals surface area contributed by atoms with Crippen LogP contribution >= 0.6 is 71.9 Å². The molecule has 0 atom stereocenters. The molecule has 0 aromatic carbocycles. The van der Waals surface area contributed by atoms with Crippen LogP contribution in [0, 0.1) is 0 Å². The molecule has 1 heterocycles. The summed E-state index contributed by atoms with van der Waals surface area (Å²) in [6.45, 7) is 0. The van der Waals surface area contributed by atoms with E-state index in [2.05, 4.69) is 35.0 Å². The number of hydrogen-bond acceptors (Lipinski definition) is 14. The number of thioether (sulfide) groups is 3. The number of methoxy groups -OCH3 is 3. The molecule has 0 saturated heterocycles. The number of esters is 3. The number of nitrogens with one attached hydrogen (secondary N) is 2. The van der Waals surface area contributed by atoms with Gasteiger partial charge in [-0.25, -0.2) is 4.57 Å². The Balaban J connectivity index is 2.97. The van der Waals surface area contributed by atoms with Crippen LogP contribution in [-0.2, 0) is 28.6 Å². The quantitative estimate of drug-likeness (QED) is 0.278. The SMILES string of the molecule is COC(=O)CSC(=S)Nc1nnc(NC(=S)SCC(=O)OC)n1C(=S)SCC(=O)OC. The van der Waals surface area contributed by atoms with Crippen LogP contribution < -0.4 is 10.6 Å². The van der Waals surface area contributed by atoms with E-state index in [1.165, 1.54) is 25.9 Å². The van der Waals surface area contributed by atoms with Gasteiger partial charge in [-0.1, -0.05) is 71.9 Å². The molecule has 0 saturated carbocycles. The molecule has 170 valence electrons. The predicted molar refractivity (Wildman–Crippen MR) is 134 cm³/mol. The van der Waals surface area contributed by atoms with Gasteiger partial charge in [0.25, 0.3) is 0 Å². The van der Waals surface area contributed by atoms with Crippen molar-refractivity contribution < 1.29 is 28.6 Å². The summed E-state index contributed by atoms with van der Waals surface area (Å²) in [5.41, 5.74) is 0. The predicted octanol–water partition coefficient (Wildman–Crippen LogP) is 1.52. The molecule has 0 aliphatic carbocycles. The number of carbonyl (C=O) groups excluding carboxylic acids is 3. The number of ether oxygens (including phenoxy) is 3. The summed E-state index contributed by atoms with van der Waals surface area (Å²) in [7, 11) is 3.80. The van der Waals surface area contributed by atoms with Gasteiger partial charge in [0.2, 0.25) is 11.9 Å². The van der Waals surface area contributed by atoms with E-state index in [0.29, 0.717) is 0 Å². The van der Waals surface area contributed by atoms with E-state index in [1.807, 2.05) is 0 Å². The summed E-state index contributed by atoms with van der Waals surface area (Å²) >= 11 is 18.8. The van der Waals surface area contributed by atoms with E-state index in [9.17, 15) is 14.4 Å². The highest BCUT2D eigenvalue weighted by molar-refractivity contribution is 8.24. The second-order valence-electron chi connectivity index (χ2n) is 4.87. The van der Waals surface area contributed by atoms with Crippen molar-refractivity contribution >= 4 is 115 Å². The van der Waals surface area contributed by atoms with Crippen molar-refractivity contribution in [1.82, 2.24) is 14.8 Å². The highest BCUT2D eigenvalue weighted by atomic mass is 32.2. The number of thiocarbonyl (C=S) groups is 3. The van der Waals surface area contributed by atoms with Crippen molar-refractivity contribution in [2.75, 3.05) is 49.2 Å². The average Bonchev–Trinajstić information content (AvgIpc) is 3.15. The topological polar surface area (TPSA) is 134 Å². The normalized spacial score (nSPS) is 10.0. The van der Waals surface area contributed by atoms with Crippen LogP contribution in [0.15, 0.2) is 0 Å². The minimum absolute atomic E-state index is 0.00261. The number of anilines is 2. The molecule has 1 aromatic rings. The van der Waals surface area contributed by atoms with Crippen molar-refractivity contribution in [3.8, 4) is 0 Å². The van der Waals surface area contributed by atoms with Crippen molar-refractivity contribution in [1.29, 1.82) is 0 Å². The maximum absolute atomic E-state index is 11.5. The zero-order valence-corrected chi connectivity index (χ0v) is 21.3. The number of nitrogens with zero attached hydrogens (tertiary/aromatic N) is 3. The Hall–Kier alpha value is -1.53. The van der Waals surface area contributed by atoms with Crippen LogP contribution in [0.4, 0.5) is 11.9 Å². The summed E-state index contributed by atoms with van der Waals surface area (Å²) < 4.78 is 15.7. The lowest BCUT2D eigenvalue weighted by Gasteiger charge is -2.13. The first-order valence-electron chi connectivity index (χ1n) is 7.92. The lowest BCUT2D eigenvalue weighted by molar-refractivity contribution is -0.138. The highest BCUT2D eigenvalue weighted by Crippen LogP contribution is 2.21. The van der Waals surface area contributed by atoms with Gasteiger partial charge in [-0.2, -0.15) is 0 Å². The third kappa shape index (κ3) is 10.1. The van der Waals surface area contributed by atoms with E-state index < -0.39 is 17.9 Å². The van der Waals surface area contributed by atoms with Gasteiger partial charge in [0.05, 0.1) is 38.6 Å². The van der Waals surface area contributed by atoms with E-state index in [1.54, 1.807) is 0 Å². The average molecular weight is 544 g/mol. The van der Waals surface area contributed by atoms with Gasteiger partial charge in [-0.15, -0.1) is 10.2 Å². The Kier molecular flexibility index (Phi) is 12.9. The van der Waals surface area contributed by atoms with E-state index in [4.69, 9.17) is 36.7 Å². The monoisotopic (exact) mass is 543 g/mol. The number of carbonyl (C=O) groups is 3. The van der Waals surface area contributed by atoms with E-state index in [0.717, 1.165) is 35.3 Å². The highest BCUT2D eigenvalue weighted by Gasteiger charge is 2.20. The number of aromatic nitrogens is 3. The molecule has 1 aromatic heterocycles. The third-order valence-corrected chi connectivity index (χ3v) is 6.66. The molecule has 0 aliphatic rings. The van der Waals surface area contributed by atoms with Crippen molar-refractivity contribution in [2.24, 2.45) is 0 Å². The molecule has 0 fully saturated rings. The lowest BCUT2D eigenvalue weighted by atomic mass is 10.8. The zero-order valence-electron chi connectivity index (χ0n) is 16.4. The Morgan fingerprint density at radius 2 is 1.13 bits per heavy atom. The Morgan fingerprint density at radius 1 is 0.774 bits per heavy atom. The second-order valence-corrected chi connectivity index (χ2v) is 9.78. The summed E-state index contributed by atoms with van der Waals surface area (Å²) in [4.78, 5) is 34.0. The number of hydrogen-bond donors (Lipinski definition) is 2. The Labute approximate surface area is 206 Å². The van der Waals surface area contributed by atoms with Gasteiger partial charge in [-0.3, -0.25) is 14.4 Å². The molecule has 1 rings (SSSR count). The zero-order chi connectivity index (χ0) is 23.4. The maximum Gasteiger partial charge on any atom is 0.316 e. The molecule has 0 amide bonds. The van der Waals surface area contributed by atoms with Gasteiger partial charge in [0, 0.05) is 0 Å². The van der Waals surface area contributed by atoms with Crippen molar-refractivity contribution in [3.63, 3.8) is 0 Å². The summed E-state index contributed by atoms with van der Waals surface area (Å²) in [5.74, 6) is -1.16. The Morgan fingerprint density at radius 3 is 1.48 bits per heavy atom. The molecule has 0 unspecified atom stereocenters. The van der Waals surface area contributed by atoms with Gasteiger partial charge < -0.3 is 24.8 Å². The minimum Gasteiger partial charge on any atom is -0.468 e. The van der Waals surface area contributed by atoms with Crippen LogP contribution in [0.2, 0.25) is 0 Å². The molecule has 17 heteroatoms. The van der Waals surface area contributed by atoms with Crippen LogP contribution in [0.3, 0.4) is 0 Å². The fourth-order valence-electron chi connectivity index (χ4n) is 1.48. The van der Waals surface area contributed by atoms with Crippen molar-refractivity contribution in [3.05, 3.63) is 0 Å². The molecular formula is C14H17N5O6S6.